The van der Waals surface area contributed by atoms with Crippen LogP contribution in [0.3, 0.4) is 0 Å². The summed E-state index contributed by atoms with van der Waals surface area (Å²) < 4.78 is 7.36. The standard InChI is InChI=1S/C21H35N5O2/c1-4-5-6-7-8-9-14-28-15-10-13-22-20(27)12-11-19-17(2)25-21-23-16-24-26(21)18(19)3/h16H,4-15H2,1-3H3,(H,22,27). The Morgan fingerprint density at radius 3 is 2.68 bits per heavy atom. The van der Waals surface area contributed by atoms with E-state index in [0.29, 0.717) is 31.8 Å². The summed E-state index contributed by atoms with van der Waals surface area (Å²) in [5.41, 5.74) is 2.97. The van der Waals surface area contributed by atoms with Gasteiger partial charge in [0.15, 0.2) is 0 Å². The topological polar surface area (TPSA) is 81.4 Å². The van der Waals surface area contributed by atoms with Crippen molar-refractivity contribution in [1.82, 2.24) is 24.9 Å². The highest BCUT2D eigenvalue weighted by Crippen LogP contribution is 2.14. The summed E-state index contributed by atoms with van der Waals surface area (Å²) in [7, 11) is 0. The molecule has 1 amide bonds. The Hall–Kier alpha value is -2.02. The van der Waals surface area contributed by atoms with Crippen LogP contribution >= 0.6 is 0 Å². The van der Waals surface area contributed by atoms with E-state index in [1.165, 1.54) is 38.4 Å². The lowest BCUT2D eigenvalue weighted by atomic mass is 10.1. The third kappa shape index (κ3) is 7.19. The summed E-state index contributed by atoms with van der Waals surface area (Å²) >= 11 is 0. The molecule has 1 N–H and O–H groups in total. The molecule has 0 bridgehead atoms. The van der Waals surface area contributed by atoms with Crippen molar-refractivity contribution in [3.63, 3.8) is 0 Å². The summed E-state index contributed by atoms with van der Waals surface area (Å²) in [6.45, 7) is 8.38. The molecule has 2 aromatic heterocycles. The lowest BCUT2D eigenvalue weighted by molar-refractivity contribution is -0.121. The average molecular weight is 390 g/mol. The number of fused-ring (bicyclic) bond motifs is 1. The van der Waals surface area contributed by atoms with Gasteiger partial charge in [-0.1, -0.05) is 39.0 Å². The van der Waals surface area contributed by atoms with Gasteiger partial charge in [-0.2, -0.15) is 10.1 Å². The van der Waals surface area contributed by atoms with Gasteiger partial charge in [-0.25, -0.2) is 9.50 Å². The van der Waals surface area contributed by atoms with Crippen molar-refractivity contribution in [2.45, 2.75) is 78.6 Å². The van der Waals surface area contributed by atoms with E-state index in [9.17, 15) is 4.79 Å². The summed E-state index contributed by atoms with van der Waals surface area (Å²) in [5.74, 6) is 0.664. The maximum absolute atomic E-state index is 12.1. The molecule has 2 rings (SSSR count). The van der Waals surface area contributed by atoms with Crippen molar-refractivity contribution in [3.8, 4) is 0 Å². The Balaban J connectivity index is 1.55. The minimum absolute atomic E-state index is 0.0633. The Morgan fingerprint density at radius 1 is 1.11 bits per heavy atom. The van der Waals surface area contributed by atoms with Gasteiger partial charge in [0.1, 0.15) is 6.33 Å². The van der Waals surface area contributed by atoms with Crippen LogP contribution in [0.5, 0.6) is 0 Å². The normalized spacial score (nSPS) is 11.2. The first-order valence-electron chi connectivity index (χ1n) is 10.6. The molecule has 156 valence electrons. The molecule has 0 unspecified atom stereocenters. The zero-order chi connectivity index (χ0) is 20.2. The van der Waals surface area contributed by atoms with Crippen molar-refractivity contribution < 1.29 is 9.53 Å². The fourth-order valence-corrected chi connectivity index (χ4v) is 3.33. The highest BCUT2D eigenvalue weighted by Gasteiger charge is 2.12. The minimum atomic E-state index is 0.0633. The van der Waals surface area contributed by atoms with E-state index >= 15 is 0 Å². The quantitative estimate of drug-likeness (QED) is 0.500. The van der Waals surface area contributed by atoms with Gasteiger partial charge in [0, 0.05) is 37.6 Å². The van der Waals surface area contributed by atoms with Crippen molar-refractivity contribution in [2.75, 3.05) is 19.8 Å². The van der Waals surface area contributed by atoms with E-state index in [2.05, 4.69) is 27.3 Å². The predicted molar refractivity (Wildman–Crippen MR) is 110 cm³/mol. The zero-order valence-corrected chi connectivity index (χ0v) is 17.7. The second kappa shape index (κ2) is 12.4. The monoisotopic (exact) mass is 389 g/mol. The van der Waals surface area contributed by atoms with E-state index in [4.69, 9.17) is 4.74 Å². The van der Waals surface area contributed by atoms with Crippen LogP contribution in [0.4, 0.5) is 0 Å². The molecule has 0 aliphatic rings. The second-order valence-electron chi connectivity index (χ2n) is 7.32. The van der Waals surface area contributed by atoms with Crippen LogP contribution in [0.25, 0.3) is 5.78 Å². The number of unbranched alkanes of at least 4 members (excludes halogenated alkanes) is 5. The molecule has 7 nitrogen and oxygen atoms in total. The third-order valence-corrected chi connectivity index (χ3v) is 5.02. The third-order valence-electron chi connectivity index (χ3n) is 5.02. The fourth-order valence-electron chi connectivity index (χ4n) is 3.33. The highest BCUT2D eigenvalue weighted by molar-refractivity contribution is 5.76. The van der Waals surface area contributed by atoms with Crippen LogP contribution in [0.2, 0.25) is 0 Å². The van der Waals surface area contributed by atoms with Crippen LogP contribution in [-0.4, -0.2) is 45.2 Å². The molecule has 7 heteroatoms. The number of aromatic nitrogens is 4. The molecule has 0 aliphatic carbocycles. The zero-order valence-electron chi connectivity index (χ0n) is 17.7. The highest BCUT2D eigenvalue weighted by atomic mass is 16.5. The van der Waals surface area contributed by atoms with E-state index in [-0.39, 0.29) is 5.91 Å². The number of amides is 1. The molecular formula is C21H35N5O2. The van der Waals surface area contributed by atoms with Crippen LogP contribution in [0.15, 0.2) is 6.33 Å². The number of nitrogens with one attached hydrogen (secondary N) is 1. The van der Waals surface area contributed by atoms with Gasteiger partial charge < -0.3 is 10.1 Å². The van der Waals surface area contributed by atoms with Crippen LogP contribution in [-0.2, 0) is 16.0 Å². The smallest absolute Gasteiger partial charge is 0.252 e. The van der Waals surface area contributed by atoms with Gasteiger partial charge in [-0.05, 0) is 38.7 Å². The Labute approximate surface area is 168 Å². The molecule has 0 saturated carbocycles. The molecule has 0 radical (unpaired) electrons. The van der Waals surface area contributed by atoms with Gasteiger partial charge in [0.25, 0.3) is 5.78 Å². The van der Waals surface area contributed by atoms with Gasteiger partial charge >= 0.3 is 0 Å². The molecule has 0 aromatic carbocycles. The van der Waals surface area contributed by atoms with Gasteiger partial charge in [0.05, 0.1) is 0 Å². The van der Waals surface area contributed by atoms with Crippen molar-refractivity contribution in [2.24, 2.45) is 0 Å². The summed E-state index contributed by atoms with van der Waals surface area (Å²) in [5, 5.41) is 7.16. The molecule has 28 heavy (non-hydrogen) atoms. The summed E-state index contributed by atoms with van der Waals surface area (Å²) in [6, 6.07) is 0. The first-order valence-corrected chi connectivity index (χ1v) is 10.6. The molecule has 0 aliphatic heterocycles. The maximum Gasteiger partial charge on any atom is 0.252 e. The Kier molecular flexibility index (Phi) is 9.90. The van der Waals surface area contributed by atoms with E-state index in [1.807, 2.05) is 13.8 Å². The van der Waals surface area contributed by atoms with Crippen molar-refractivity contribution in [3.05, 3.63) is 23.3 Å². The molecule has 0 spiro atoms. The predicted octanol–water partition coefficient (Wildman–Crippen LogP) is 3.56. The van der Waals surface area contributed by atoms with Crippen molar-refractivity contribution in [1.29, 1.82) is 0 Å². The summed E-state index contributed by atoms with van der Waals surface area (Å²) in [6.07, 6.45) is 11.1. The molecule has 0 atom stereocenters. The number of aryl methyl sites for hydroxylation is 2. The minimum Gasteiger partial charge on any atom is -0.381 e. The fraction of sp³-hybridized carbons (Fsp3) is 0.714. The molecular weight excluding hydrogens is 354 g/mol. The SMILES string of the molecule is CCCCCCCCOCCCNC(=O)CCc1c(C)nc2ncnn2c1C. The first kappa shape index (κ1) is 22.3. The van der Waals surface area contributed by atoms with E-state index in [0.717, 1.165) is 36.4 Å². The summed E-state index contributed by atoms with van der Waals surface area (Å²) in [4.78, 5) is 20.7. The number of hydrogen-bond acceptors (Lipinski definition) is 5. The molecule has 0 saturated heterocycles. The average Bonchev–Trinajstić information content (AvgIpc) is 3.14. The Morgan fingerprint density at radius 2 is 1.86 bits per heavy atom. The number of hydrogen-bond donors (Lipinski definition) is 1. The lowest BCUT2D eigenvalue weighted by Crippen LogP contribution is -2.25. The number of nitrogens with zero attached hydrogens (tertiary/aromatic N) is 4. The number of rotatable bonds is 14. The number of ether oxygens (including phenoxy) is 1. The molecule has 0 fully saturated rings. The molecule has 2 heterocycles. The molecule has 2 aromatic rings. The maximum atomic E-state index is 12.1. The van der Waals surface area contributed by atoms with Crippen molar-refractivity contribution >= 4 is 11.7 Å². The van der Waals surface area contributed by atoms with E-state index in [1.54, 1.807) is 4.52 Å². The Bertz CT molecular complexity index is 729. The largest absolute Gasteiger partial charge is 0.381 e. The van der Waals surface area contributed by atoms with Gasteiger partial charge in [-0.3, -0.25) is 4.79 Å². The van der Waals surface area contributed by atoms with Crippen LogP contribution in [0, 0.1) is 13.8 Å². The second-order valence-corrected chi connectivity index (χ2v) is 7.32. The first-order chi connectivity index (χ1) is 13.6. The lowest BCUT2D eigenvalue weighted by Gasteiger charge is -2.10. The number of carbonyl (C=O) groups is 1. The number of carbonyl (C=O) groups excluding carboxylic acids is 1. The van der Waals surface area contributed by atoms with Crippen LogP contribution < -0.4 is 5.32 Å². The van der Waals surface area contributed by atoms with Gasteiger partial charge in [-0.15, -0.1) is 0 Å². The van der Waals surface area contributed by atoms with E-state index < -0.39 is 0 Å². The van der Waals surface area contributed by atoms with Gasteiger partial charge in [0.2, 0.25) is 5.91 Å². The van der Waals surface area contributed by atoms with Crippen LogP contribution in [0.1, 0.15) is 75.2 Å².